The molecular weight excluding hydrogens is 278 g/mol. The Balaban J connectivity index is 2.26. The lowest BCUT2D eigenvalue weighted by Crippen LogP contribution is -2.34. The molecule has 1 aliphatic rings. The van der Waals surface area contributed by atoms with Crippen molar-refractivity contribution in [2.75, 3.05) is 20.8 Å². The molecule has 0 amide bonds. The average molecular weight is 296 g/mol. The third-order valence-electron chi connectivity index (χ3n) is 3.28. The van der Waals surface area contributed by atoms with Gasteiger partial charge in [-0.15, -0.1) is 0 Å². The van der Waals surface area contributed by atoms with Gasteiger partial charge in [0.1, 0.15) is 5.17 Å². The topological polar surface area (TPSA) is 57.9 Å². The maximum atomic E-state index is 7.93. The highest BCUT2D eigenvalue weighted by molar-refractivity contribution is 6.65. The molecule has 1 heterocycles. The second kappa shape index (κ2) is 6.13. The van der Waals surface area contributed by atoms with Crippen molar-refractivity contribution in [3.8, 4) is 11.5 Å². The molecule has 1 aromatic carbocycles. The van der Waals surface area contributed by atoms with Crippen molar-refractivity contribution in [3.63, 3.8) is 0 Å². The zero-order valence-electron chi connectivity index (χ0n) is 11.9. The van der Waals surface area contributed by atoms with E-state index in [0.29, 0.717) is 17.5 Å². The van der Waals surface area contributed by atoms with Crippen molar-refractivity contribution < 1.29 is 9.47 Å². The number of aliphatic imine (C=N–C) groups is 1. The molecule has 0 bridgehead atoms. The van der Waals surface area contributed by atoms with Crippen LogP contribution in [0.2, 0.25) is 0 Å². The molecule has 0 unspecified atom stereocenters. The monoisotopic (exact) mass is 295 g/mol. The molecule has 6 heteroatoms. The van der Waals surface area contributed by atoms with Gasteiger partial charge in [-0.2, -0.15) is 0 Å². The highest BCUT2D eigenvalue weighted by Crippen LogP contribution is 2.33. The van der Waals surface area contributed by atoms with Crippen LogP contribution in [0.3, 0.4) is 0 Å². The van der Waals surface area contributed by atoms with E-state index in [-0.39, 0.29) is 5.96 Å². The SMILES string of the molecule is COc1cc2c(cc1OC)CN(C(=N)/N=C(\C)Cl)CC2. The number of methoxy groups -OCH3 is 2. The first kappa shape index (κ1) is 14.7. The Morgan fingerprint density at radius 1 is 1.25 bits per heavy atom. The Morgan fingerprint density at radius 2 is 1.85 bits per heavy atom. The minimum atomic E-state index is 0.193. The van der Waals surface area contributed by atoms with Gasteiger partial charge in [0.15, 0.2) is 11.5 Å². The van der Waals surface area contributed by atoms with Crippen molar-refractivity contribution >= 4 is 22.7 Å². The van der Waals surface area contributed by atoms with E-state index in [1.54, 1.807) is 21.1 Å². The molecule has 0 fully saturated rings. The van der Waals surface area contributed by atoms with Crippen LogP contribution in [0.5, 0.6) is 11.5 Å². The summed E-state index contributed by atoms with van der Waals surface area (Å²) in [5, 5.41) is 8.30. The summed E-state index contributed by atoms with van der Waals surface area (Å²) in [4.78, 5) is 5.87. The summed E-state index contributed by atoms with van der Waals surface area (Å²) < 4.78 is 10.6. The fourth-order valence-electron chi connectivity index (χ4n) is 2.28. The maximum absolute atomic E-state index is 7.93. The number of benzene rings is 1. The van der Waals surface area contributed by atoms with Crippen LogP contribution in [0, 0.1) is 5.41 Å². The number of hydrogen-bond donors (Lipinski definition) is 1. The van der Waals surface area contributed by atoms with Gasteiger partial charge in [-0.1, -0.05) is 11.6 Å². The van der Waals surface area contributed by atoms with E-state index >= 15 is 0 Å². The Hall–Kier alpha value is -1.75. The maximum Gasteiger partial charge on any atom is 0.219 e. The van der Waals surface area contributed by atoms with Crippen LogP contribution in [-0.4, -0.2) is 36.8 Å². The third kappa shape index (κ3) is 3.04. The first-order valence-corrected chi connectivity index (χ1v) is 6.71. The predicted octanol–water partition coefficient (Wildman–Crippen LogP) is 2.65. The van der Waals surface area contributed by atoms with E-state index in [1.165, 1.54) is 5.56 Å². The van der Waals surface area contributed by atoms with Crippen molar-refractivity contribution in [1.29, 1.82) is 5.41 Å². The van der Waals surface area contributed by atoms with Gasteiger partial charge in [0, 0.05) is 13.1 Å². The van der Waals surface area contributed by atoms with Crippen LogP contribution in [-0.2, 0) is 13.0 Å². The highest BCUT2D eigenvalue weighted by atomic mass is 35.5. The Labute approximate surface area is 123 Å². The minimum absolute atomic E-state index is 0.193. The number of nitrogens with one attached hydrogen (secondary N) is 1. The molecule has 0 saturated carbocycles. The van der Waals surface area contributed by atoms with E-state index < -0.39 is 0 Å². The summed E-state index contributed by atoms with van der Waals surface area (Å²) in [5.74, 6) is 1.64. The number of rotatable bonds is 2. The van der Waals surface area contributed by atoms with Gasteiger partial charge in [0.25, 0.3) is 0 Å². The number of nitrogens with zero attached hydrogens (tertiary/aromatic N) is 2. The summed E-state index contributed by atoms with van der Waals surface area (Å²) in [6.07, 6.45) is 0.842. The van der Waals surface area contributed by atoms with E-state index in [2.05, 4.69) is 4.99 Å². The zero-order chi connectivity index (χ0) is 14.7. The van der Waals surface area contributed by atoms with Crippen LogP contribution >= 0.6 is 11.6 Å². The molecular formula is C14H18ClN3O2. The van der Waals surface area contributed by atoms with Gasteiger partial charge in [-0.05, 0) is 36.6 Å². The van der Waals surface area contributed by atoms with E-state index in [4.69, 9.17) is 26.5 Å². The average Bonchev–Trinajstić information content (AvgIpc) is 2.44. The summed E-state index contributed by atoms with van der Waals surface area (Å²) in [6, 6.07) is 3.97. The van der Waals surface area contributed by atoms with Crippen LogP contribution in [0.4, 0.5) is 0 Å². The van der Waals surface area contributed by atoms with Gasteiger partial charge < -0.3 is 14.4 Å². The van der Waals surface area contributed by atoms with Gasteiger partial charge in [-0.25, -0.2) is 4.99 Å². The van der Waals surface area contributed by atoms with E-state index in [9.17, 15) is 0 Å². The summed E-state index contributed by atoms with van der Waals surface area (Å²) in [6.45, 7) is 3.04. The number of ether oxygens (including phenoxy) is 2. The van der Waals surface area contributed by atoms with E-state index in [0.717, 1.165) is 24.3 Å². The fraction of sp³-hybridized carbons (Fsp3) is 0.429. The zero-order valence-corrected chi connectivity index (χ0v) is 12.6. The second-order valence-electron chi connectivity index (χ2n) is 4.58. The Bertz CT molecular complexity index is 554. The molecule has 1 aromatic rings. The first-order valence-electron chi connectivity index (χ1n) is 6.33. The predicted molar refractivity (Wildman–Crippen MR) is 80.3 cm³/mol. The van der Waals surface area contributed by atoms with Gasteiger partial charge in [0.05, 0.1) is 14.2 Å². The normalized spacial score (nSPS) is 14.8. The van der Waals surface area contributed by atoms with Crippen LogP contribution < -0.4 is 9.47 Å². The highest BCUT2D eigenvalue weighted by Gasteiger charge is 2.21. The molecule has 5 nitrogen and oxygen atoms in total. The molecule has 0 aromatic heterocycles. The summed E-state index contributed by atoms with van der Waals surface area (Å²) >= 11 is 5.73. The fourth-order valence-corrected chi connectivity index (χ4v) is 2.36. The third-order valence-corrected chi connectivity index (χ3v) is 3.36. The smallest absolute Gasteiger partial charge is 0.219 e. The Morgan fingerprint density at radius 3 is 2.40 bits per heavy atom. The molecule has 0 aliphatic carbocycles. The molecule has 20 heavy (non-hydrogen) atoms. The minimum Gasteiger partial charge on any atom is -0.493 e. The number of hydrogen-bond acceptors (Lipinski definition) is 3. The van der Waals surface area contributed by atoms with E-state index in [1.807, 2.05) is 17.0 Å². The second-order valence-corrected chi connectivity index (χ2v) is 5.13. The molecule has 0 radical (unpaired) electrons. The first-order chi connectivity index (χ1) is 9.55. The Kier molecular flexibility index (Phi) is 4.49. The molecule has 0 spiro atoms. The van der Waals surface area contributed by atoms with Crippen molar-refractivity contribution in [2.24, 2.45) is 4.99 Å². The molecule has 108 valence electrons. The van der Waals surface area contributed by atoms with Crippen LogP contribution in [0.15, 0.2) is 17.1 Å². The lowest BCUT2D eigenvalue weighted by molar-refractivity contribution is 0.347. The molecule has 0 atom stereocenters. The summed E-state index contributed by atoms with van der Waals surface area (Å²) in [7, 11) is 3.25. The van der Waals surface area contributed by atoms with Crippen molar-refractivity contribution in [3.05, 3.63) is 23.3 Å². The number of fused-ring (bicyclic) bond motifs is 1. The molecule has 2 rings (SSSR count). The quantitative estimate of drug-likeness (QED) is 0.674. The molecule has 1 N–H and O–H groups in total. The lowest BCUT2D eigenvalue weighted by atomic mass is 9.99. The number of halogens is 1. The van der Waals surface area contributed by atoms with Crippen molar-refractivity contribution in [1.82, 2.24) is 4.90 Å². The van der Waals surface area contributed by atoms with Crippen molar-refractivity contribution in [2.45, 2.75) is 19.9 Å². The van der Waals surface area contributed by atoms with Gasteiger partial charge in [-0.3, -0.25) is 5.41 Å². The van der Waals surface area contributed by atoms with Crippen LogP contribution in [0.25, 0.3) is 0 Å². The molecule has 1 aliphatic heterocycles. The summed E-state index contributed by atoms with van der Waals surface area (Å²) in [5.41, 5.74) is 2.35. The molecule has 0 saturated heterocycles. The standard InChI is InChI=1S/C14H18ClN3O2/c1-9(15)17-14(16)18-5-4-10-6-12(19-2)13(20-3)7-11(10)8-18/h6-7,16H,4-5,8H2,1-3H3/b16-14?,17-9+. The lowest BCUT2D eigenvalue weighted by Gasteiger charge is -2.29. The largest absolute Gasteiger partial charge is 0.493 e. The number of guanidine groups is 1. The van der Waals surface area contributed by atoms with Gasteiger partial charge >= 0.3 is 0 Å². The van der Waals surface area contributed by atoms with Crippen LogP contribution in [0.1, 0.15) is 18.1 Å². The van der Waals surface area contributed by atoms with Gasteiger partial charge in [0.2, 0.25) is 5.96 Å².